The van der Waals surface area contributed by atoms with Crippen LogP contribution >= 0.6 is 0 Å². The van der Waals surface area contributed by atoms with Gasteiger partial charge < -0.3 is 0 Å². The molecule has 2 rings (SSSR count). The Labute approximate surface area is 87.8 Å². The lowest BCUT2D eigenvalue weighted by Gasteiger charge is -2.05. The monoisotopic (exact) mass is 202 g/mol. The van der Waals surface area contributed by atoms with E-state index < -0.39 is 0 Å². The standard InChI is InChI=1S/C12H11FN2/c1-8-7-14-15-12(9(8)2)10-3-5-11(13)6-4-10/h3-7H,1-2H3. The third kappa shape index (κ3) is 1.86. The first-order valence-corrected chi connectivity index (χ1v) is 4.73. The van der Waals surface area contributed by atoms with E-state index in [2.05, 4.69) is 10.2 Å². The molecule has 0 saturated heterocycles. The highest BCUT2D eigenvalue weighted by molar-refractivity contribution is 5.63. The maximum atomic E-state index is 12.7. The third-order valence-electron chi connectivity index (χ3n) is 2.47. The van der Waals surface area contributed by atoms with E-state index in [4.69, 9.17) is 0 Å². The minimum Gasteiger partial charge on any atom is -0.207 e. The van der Waals surface area contributed by atoms with Crippen LogP contribution in [-0.4, -0.2) is 10.2 Å². The van der Waals surface area contributed by atoms with Crippen molar-refractivity contribution in [3.63, 3.8) is 0 Å². The molecule has 0 amide bonds. The van der Waals surface area contributed by atoms with Gasteiger partial charge in [-0.05, 0) is 49.2 Å². The van der Waals surface area contributed by atoms with Gasteiger partial charge in [0, 0.05) is 5.56 Å². The van der Waals surface area contributed by atoms with Gasteiger partial charge in [0.1, 0.15) is 5.82 Å². The molecule has 1 aromatic heterocycles. The summed E-state index contributed by atoms with van der Waals surface area (Å²) in [6.07, 6.45) is 1.72. The van der Waals surface area contributed by atoms with E-state index in [9.17, 15) is 4.39 Å². The predicted molar refractivity (Wildman–Crippen MR) is 56.9 cm³/mol. The molecule has 1 aromatic carbocycles. The van der Waals surface area contributed by atoms with Crippen LogP contribution < -0.4 is 0 Å². The molecule has 0 radical (unpaired) electrons. The Morgan fingerprint density at radius 2 is 1.73 bits per heavy atom. The summed E-state index contributed by atoms with van der Waals surface area (Å²) in [6, 6.07) is 6.29. The Morgan fingerprint density at radius 3 is 2.40 bits per heavy atom. The zero-order chi connectivity index (χ0) is 10.8. The van der Waals surface area contributed by atoms with Gasteiger partial charge in [-0.2, -0.15) is 10.2 Å². The fraction of sp³-hybridized carbons (Fsp3) is 0.167. The molecule has 0 N–H and O–H groups in total. The van der Waals surface area contributed by atoms with Gasteiger partial charge in [0.15, 0.2) is 0 Å². The predicted octanol–water partition coefficient (Wildman–Crippen LogP) is 2.90. The lowest BCUT2D eigenvalue weighted by molar-refractivity contribution is 0.628. The smallest absolute Gasteiger partial charge is 0.123 e. The fourth-order valence-corrected chi connectivity index (χ4v) is 1.41. The summed E-state index contributed by atoms with van der Waals surface area (Å²) in [6.45, 7) is 3.97. The molecule has 2 aromatic rings. The molecule has 15 heavy (non-hydrogen) atoms. The third-order valence-corrected chi connectivity index (χ3v) is 2.47. The summed E-state index contributed by atoms with van der Waals surface area (Å²) < 4.78 is 12.7. The summed E-state index contributed by atoms with van der Waals surface area (Å²) in [5, 5.41) is 7.97. The largest absolute Gasteiger partial charge is 0.207 e. The van der Waals surface area contributed by atoms with Crippen LogP contribution in [0.2, 0.25) is 0 Å². The van der Waals surface area contributed by atoms with Crippen LogP contribution in [0.4, 0.5) is 4.39 Å². The molecule has 0 fully saturated rings. The highest BCUT2D eigenvalue weighted by atomic mass is 19.1. The molecule has 0 aliphatic heterocycles. The molecule has 0 atom stereocenters. The van der Waals surface area contributed by atoms with Crippen LogP contribution in [0, 0.1) is 19.7 Å². The normalized spacial score (nSPS) is 10.3. The summed E-state index contributed by atoms with van der Waals surface area (Å²) in [5.74, 6) is -0.239. The average molecular weight is 202 g/mol. The molecule has 0 spiro atoms. The van der Waals surface area contributed by atoms with Crippen LogP contribution in [0.3, 0.4) is 0 Å². The van der Waals surface area contributed by atoms with Gasteiger partial charge >= 0.3 is 0 Å². The Balaban J connectivity index is 2.54. The van der Waals surface area contributed by atoms with Crippen molar-refractivity contribution in [3.8, 4) is 11.3 Å². The maximum absolute atomic E-state index is 12.7. The molecule has 0 aliphatic carbocycles. The summed E-state index contributed by atoms with van der Waals surface area (Å²) in [7, 11) is 0. The van der Waals surface area contributed by atoms with Gasteiger partial charge in [-0.15, -0.1) is 0 Å². The molecular weight excluding hydrogens is 191 g/mol. The quantitative estimate of drug-likeness (QED) is 0.710. The number of halogens is 1. The van der Waals surface area contributed by atoms with E-state index in [1.807, 2.05) is 13.8 Å². The van der Waals surface area contributed by atoms with Crippen molar-refractivity contribution in [3.05, 3.63) is 47.4 Å². The van der Waals surface area contributed by atoms with Crippen molar-refractivity contribution in [2.24, 2.45) is 0 Å². The van der Waals surface area contributed by atoms with E-state index in [0.29, 0.717) is 0 Å². The molecule has 1 heterocycles. The number of benzene rings is 1. The molecule has 76 valence electrons. The molecule has 3 heteroatoms. The second kappa shape index (κ2) is 3.77. The van der Waals surface area contributed by atoms with E-state index >= 15 is 0 Å². The van der Waals surface area contributed by atoms with Gasteiger partial charge in [0.05, 0.1) is 11.9 Å². The van der Waals surface area contributed by atoms with Crippen molar-refractivity contribution >= 4 is 0 Å². The molecule has 0 bridgehead atoms. The SMILES string of the molecule is Cc1cnnc(-c2ccc(F)cc2)c1C. The summed E-state index contributed by atoms with van der Waals surface area (Å²) in [5.41, 5.74) is 3.88. The van der Waals surface area contributed by atoms with E-state index in [-0.39, 0.29) is 5.82 Å². The van der Waals surface area contributed by atoms with Crippen molar-refractivity contribution in [2.75, 3.05) is 0 Å². The second-order valence-corrected chi connectivity index (χ2v) is 3.51. The number of hydrogen-bond donors (Lipinski definition) is 0. The lowest BCUT2D eigenvalue weighted by atomic mass is 10.0. The maximum Gasteiger partial charge on any atom is 0.123 e. The van der Waals surface area contributed by atoms with Gasteiger partial charge in [-0.1, -0.05) is 0 Å². The summed E-state index contributed by atoms with van der Waals surface area (Å²) >= 11 is 0. The first kappa shape index (κ1) is 9.77. The molecule has 0 saturated carbocycles. The Kier molecular flexibility index (Phi) is 2.46. The van der Waals surface area contributed by atoms with Crippen molar-refractivity contribution < 1.29 is 4.39 Å². The molecular formula is C12H11FN2. The molecule has 0 unspecified atom stereocenters. The van der Waals surface area contributed by atoms with Gasteiger partial charge in [-0.25, -0.2) is 4.39 Å². The van der Waals surface area contributed by atoms with Crippen molar-refractivity contribution in [1.82, 2.24) is 10.2 Å². The van der Waals surface area contributed by atoms with Crippen LogP contribution in [0.25, 0.3) is 11.3 Å². The molecule has 2 nitrogen and oxygen atoms in total. The van der Waals surface area contributed by atoms with E-state index in [1.54, 1.807) is 18.3 Å². The summed E-state index contributed by atoms with van der Waals surface area (Å²) in [4.78, 5) is 0. The number of rotatable bonds is 1. The highest BCUT2D eigenvalue weighted by Crippen LogP contribution is 2.21. The van der Waals surface area contributed by atoms with Crippen LogP contribution in [0.5, 0.6) is 0 Å². The van der Waals surface area contributed by atoms with Crippen LogP contribution in [0.15, 0.2) is 30.5 Å². The number of aromatic nitrogens is 2. The minimum absolute atomic E-state index is 0.239. The first-order valence-electron chi connectivity index (χ1n) is 4.73. The lowest BCUT2D eigenvalue weighted by Crippen LogP contribution is -1.94. The fourth-order valence-electron chi connectivity index (χ4n) is 1.41. The average Bonchev–Trinajstić information content (AvgIpc) is 2.24. The minimum atomic E-state index is -0.239. The van der Waals surface area contributed by atoms with Crippen molar-refractivity contribution in [2.45, 2.75) is 13.8 Å². The van der Waals surface area contributed by atoms with E-state index in [0.717, 1.165) is 22.4 Å². The number of aryl methyl sites for hydroxylation is 1. The molecule has 0 aliphatic rings. The van der Waals surface area contributed by atoms with Gasteiger partial charge in [-0.3, -0.25) is 0 Å². The number of nitrogens with zero attached hydrogens (tertiary/aromatic N) is 2. The Hall–Kier alpha value is -1.77. The Bertz CT molecular complexity index is 477. The second-order valence-electron chi connectivity index (χ2n) is 3.51. The first-order chi connectivity index (χ1) is 7.18. The Morgan fingerprint density at radius 1 is 1.07 bits per heavy atom. The van der Waals surface area contributed by atoms with Gasteiger partial charge in [0.25, 0.3) is 0 Å². The topological polar surface area (TPSA) is 25.8 Å². The van der Waals surface area contributed by atoms with Crippen LogP contribution in [-0.2, 0) is 0 Å². The van der Waals surface area contributed by atoms with Gasteiger partial charge in [0.2, 0.25) is 0 Å². The van der Waals surface area contributed by atoms with Crippen molar-refractivity contribution in [1.29, 1.82) is 0 Å². The zero-order valence-electron chi connectivity index (χ0n) is 8.66. The number of hydrogen-bond acceptors (Lipinski definition) is 2. The van der Waals surface area contributed by atoms with Crippen LogP contribution in [0.1, 0.15) is 11.1 Å². The highest BCUT2D eigenvalue weighted by Gasteiger charge is 2.05. The zero-order valence-corrected chi connectivity index (χ0v) is 8.66. The van der Waals surface area contributed by atoms with E-state index in [1.165, 1.54) is 12.1 Å².